The molecule has 1 saturated heterocycles. The van der Waals surface area contributed by atoms with Gasteiger partial charge in [-0.05, 0) is 75.6 Å². The summed E-state index contributed by atoms with van der Waals surface area (Å²) in [5.74, 6) is 1.13. The first-order chi connectivity index (χ1) is 15.5. The Morgan fingerprint density at radius 1 is 1.21 bits per heavy atom. The van der Waals surface area contributed by atoms with Gasteiger partial charge < -0.3 is 9.64 Å². The smallest absolute Gasteiger partial charge is 0.395 e. The molecule has 2 aliphatic carbocycles. The summed E-state index contributed by atoms with van der Waals surface area (Å²) < 4.78 is 69.6. The minimum Gasteiger partial charge on any atom is -0.488 e. The lowest BCUT2D eigenvalue weighted by molar-refractivity contribution is -0.192. The van der Waals surface area contributed by atoms with Crippen LogP contribution >= 0.6 is 0 Å². The number of fused-ring (bicyclic) bond motifs is 1. The number of hydrogen-bond acceptors (Lipinski definition) is 5. The Morgan fingerprint density at radius 2 is 1.94 bits per heavy atom. The summed E-state index contributed by atoms with van der Waals surface area (Å²) in [4.78, 5) is 6.55. The Hall–Kier alpha value is -1.61. The molecule has 9 heteroatoms. The van der Waals surface area contributed by atoms with Crippen LogP contribution in [0.5, 0.6) is 5.75 Å². The summed E-state index contributed by atoms with van der Waals surface area (Å²) in [6.45, 7) is 1.52. The fourth-order valence-corrected chi connectivity index (χ4v) is 6.63. The van der Waals surface area contributed by atoms with E-state index in [1.165, 1.54) is 6.26 Å². The maximum Gasteiger partial charge on any atom is 0.395 e. The van der Waals surface area contributed by atoms with Crippen molar-refractivity contribution in [1.29, 1.82) is 0 Å². The summed E-state index contributed by atoms with van der Waals surface area (Å²) in [6, 6.07) is 2.07. The molecule has 5 rings (SSSR count). The van der Waals surface area contributed by atoms with Crippen molar-refractivity contribution in [3.05, 3.63) is 29.6 Å². The second-order valence-corrected chi connectivity index (χ2v) is 12.7. The summed E-state index contributed by atoms with van der Waals surface area (Å²) in [7, 11) is -3.02. The average Bonchev–Trinajstić information content (AvgIpc) is 3.44. The fourth-order valence-electron chi connectivity index (χ4n) is 5.63. The molecule has 1 aromatic heterocycles. The van der Waals surface area contributed by atoms with Crippen LogP contribution in [0.25, 0.3) is 5.57 Å². The van der Waals surface area contributed by atoms with E-state index >= 15 is 0 Å². The van der Waals surface area contributed by atoms with Crippen molar-refractivity contribution in [2.45, 2.75) is 68.9 Å². The summed E-state index contributed by atoms with van der Waals surface area (Å²) >= 11 is 0. The maximum absolute atomic E-state index is 13.3. The van der Waals surface area contributed by atoms with E-state index in [-0.39, 0.29) is 30.7 Å². The van der Waals surface area contributed by atoms with Crippen molar-refractivity contribution in [1.82, 2.24) is 9.88 Å². The number of alkyl halides is 3. The van der Waals surface area contributed by atoms with Crippen LogP contribution in [0.2, 0.25) is 0 Å². The van der Waals surface area contributed by atoms with Crippen LogP contribution in [0.1, 0.15) is 56.2 Å². The van der Waals surface area contributed by atoms with E-state index in [4.69, 9.17) is 4.74 Å². The molecule has 2 unspecified atom stereocenters. The molecule has 0 aromatic carbocycles. The van der Waals surface area contributed by atoms with Gasteiger partial charge in [-0.25, -0.2) is 8.42 Å². The molecular formula is C24H31F3N2O3S. The molecule has 2 fully saturated rings. The number of sulfone groups is 1. The SMILES string of the molecule is CS(=O)(=O)C1CC=C(c2cc3c(cn2)OC(C2CCN(CC4(C(F)(F)F)CC4)CC2)C3)CC1. The lowest BCUT2D eigenvalue weighted by atomic mass is 9.88. The van der Waals surface area contributed by atoms with Crippen LogP contribution < -0.4 is 4.74 Å². The van der Waals surface area contributed by atoms with Crippen molar-refractivity contribution in [2.24, 2.45) is 11.3 Å². The van der Waals surface area contributed by atoms with Gasteiger partial charge in [0.25, 0.3) is 0 Å². The molecule has 1 aromatic rings. The van der Waals surface area contributed by atoms with Crippen molar-refractivity contribution in [3.8, 4) is 5.75 Å². The van der Waals surface area contributed by atoms with E-state index in [9.17, 15) is 21.6 Å². The van der Waals surface area contributed by atoms with Crippen molar-refractivity contribution in [3.63, 3.8) is 0 Å². The minimum atomic E-state index is -4.09. The first-order valence-electron chi connectivity index (χ1n) is 11.9. The normalized spacial score (nSPS) is 28.2. The Morgan fingerprint density at radius 3 is 2.52 bits per heavy atom. The van der Waals surface area contributed by atoms with E-state index in [0.29, 0.717) is 38.3 Å². The zero-order chi connectivity index (χ0) is 23.4. The van der Waals surface area contributed by atoms with Crippen LogP contribution in [0.3, 0.4) is 0 Å². The number of halogens is 3. The van der Waals surface area contributed by atoms with E-state index < -0.39 is 21.4 Å². The quantitative estimate of drug-likeness (QED) is 0.619. The zero-order valence-corrected chi connectivity index (χ0v) is 19.7. The van der Waals surface area contributed by atoms with Crippen LogP contribution in [-0.4, -0.2) is 61.7 Å². The van der Waals surface area contributed by atoms with Gasteiger partial charge in [0.2, 0.25) is 0 Å². The largest absolute Gasteiger partial charge is 0.488 e. The van der Waals surface area contributed by atoms with Gasteiger partial charge >= 0.3 is 6.18 Å². The number of ether oxygens (including phenoxy) is 1. The molecule has 4 aliphatic rings. The predicted octanol–water partition coefficient (Wildman–Crippen LogP) is 4.42. The lowest BCUT2D eigenvalue weighted by Crippen LogP contribution is -2.44. The topological polar surface area (TPSA) is 59.5 Å². The molecule has 182 valence electrons. The molecule has 33 heavy (non-hydrogen) atoms. The second kappa shape index (κ2) is 8.26. The van der Waals surface area contributed by atoms with Gasteiger partial charge in [-0.15, -0.1) is 0 Å². The number of rotatable bonds is 5. The summed E-state index contributed by atoms with van der Waals surface area (Å²) in [5.41, 5.74) is 1.64. The number of allylic oxidation sites excluding steroid dienone is 2. The number of hydrogen-bond donors (Lipinski definition) is 0. The van der Waals surface area contributed by atoms with Gasteiger partial charge in [0.15, 0.2) is 9.84 Å². The Bertz CT molecular complexity index is 1040. The molecule has 0 N–H and O–H groups in total. The van der Waals surface area contributed by atoms with Crippen molar-refractivity contribution in [2.75, 3.05) is 25.9 Å². The van der Waals surface area contributed by atoms with Gasteiger partial charge in [-0.2, -0.15) is 13.2 Å². The van der Waals surface area contributed by atoms with E-state index in [1.54, 1.807) is 6.20 Å². The predicted molar refractivity (Wildman–Crippen MR) is 120 cm³/mol. The molecule has 0 bridgehead atoms. The van der Waals surface area contributed by atoms with Crippen LogP contribution in [0.4, 0.5) is 13.2 Å². The minimum absolute atomic E-state index is 0.0478. The highest BCUT2D eigenvalue weighted by molar-refractivity contribution is 7.91. The number of piperidine rings is 1. The molecule has 2 aliphatic heterocycles. The summed E-state index contributed by atoms with van der Waals surface area (Å²) in [5, 5.41) is -0.305. The zero-order valence-electron chi connectivity index (χ0n) is 18.9. The molecule has 0 spiro atoms. The van der Waals surface area contributed by atoms with Gasteiger partial charge in [-0.3, -0.25) is 4.98 Å². The molecular weight excluding hydrogens is 453 g/mol. The highest BCUT2D eigenvalue weighted by Gasteiger charge is 2.63. The maximum atomic E-state index is 13.3. The van der Waals surface area contributed by atoms with Gasteiger partial charge in [0.05, 0.1) is 22.6 Å². The van der Waals surface area contributed by atoms with Crippen LogP contribution in [-0.2, 0) is 16.3 Å². The van der Waals surface area contributed by atoms with Crippen LogP contribution in [0, 0.1) is 11.3 Å². The van der Waals surface area contributed by atoms with Gasteiger partial charge in [-0.1, -0.05) is 6.08 Å². The molecule has 1 saturated carbocycles. The number of pyridine rings is 1. The van der Waals surface area contributed by atoms with Crippen molar-refractivity contribution >= 4 is 15.4 Å². The Kier molecular flexibility index (Phi) is 5.79. The average molecular weight is 485 g/mol. The standard InChI is InChI=1S/C24H31F3N2O3S/c1-33(30,31)19-4-2-16(3-5-19)20-12-18-13-21(32-22(18)14-28-20)17-6-10-29(11-7-17)15-23(8-9-23)24(25,26)27/h2,12,14,17,19,21H,3-11,13,15H2,1H3. The Balaban J connectivity index is 1.17. The number of aromatic nitrogens is 1. The third kappa shape index (κ3) is 4.67. The highest BCUT2D eigenvalue weighted by atomic mass is 32.2. The third-order valence-corrected chi connectivity index (χ3v) is 9.72. The van der Waals surface area contributed by atoms with Gasteiger partial charge in [0.1, 0.15) is 11.9 Å². The molecule has 0 amide bonds. The Labute approximate surface area is 193 Å². The number of nitrogens with zero attached hydrogens (tertiary/aromatic N) is 2. The van der Waals surface area contributed by atoms with Crippen molar-refractivity contribution < 1.29 is 26.3 Å². The first-order valence-corrected chi connectivity index (χ1v) is 13.8. The molecule has 0 radical (unpaired) electrons. The van der Waals surface area contributed by atoms with E-state index in [1.807, 2.05) is 11.0 Å². The van der Waals surface area contributed by atoms with Crippen LogP contribution in [0.15, 0.2) is 18.3 Å². The first kappa shape index (κ1) is 23.1. The molecule has 3 heterocycles. The van der Waals surface area contributed by atoms with E-state index in [2.05, 4.69) is 11.1 Å². The van der Waals surface area contributed by atoms with E-state index in [0.717, 1.165) is 41.8 Å². The molecule has 2 atom stereocenters. The highest BCUT2D eigenvalue weighted by Crippen LogP contribution is 2.58. The fraction of sp³-hybridized carbons (Fsp3) is 0.708. The second-order valence-electron chi connectivity index (χ2n) is 10.4. The number of likely N-dealkylation sites (tertiary alicyclic amines) is 1. The van der Waals surface area contributed by atoms with Gasteiger partial charge in [0, 0.05) is 24.8 Å². The summed E-state index contributed by atoms with van der Waals surface area (Å²) in [6.07, 6.45) is 5.89. The monoisotopic (exact) mass is 484 g/mol. The molecule has 5 nitrogen and oxygen atoms in total. The third-order valence-electron chi connectivity index (χ3n) is 8.08. The lowest BCUT2D eigenvalue weighted by Gasteiger charge is -2.36.